The molecule has 0 heterocycles. The second kappa shape index (κ2) is 38.6. The van der Waals surface area contributed by atoms with Crippen LogP contribution in [0.1, 0.15) is 174 Å². The van der Waals surface area contributed by atoms with E-state index in [1.54, 1.807) is 12.2 Å². The number of phosphoric ester groups is 1. The first-order chi connectivity index (χ1) is 30.8. The molecule has 0 bridgehead atoms. The number of unbranched alkanes of at least 4 members (excludes halogenated alkanes) is 16. The average molecular weight is 929 g/mol. The number of phosphoric acid groups is 1. The van der Waals surface area contributed by atoms with Gasteiger partial charge in [-0.1, -0.05) is 177 Å². The van der Waals surface area contributed by atoms with Gasteiger partial charge in [0.05, 0.1) is 12.7 Å². The van der Waals surface area contributed by atoms with Crippen LogP contribution in [0.2, 0.25) is 0 Å². The van der Waals surface area contributed by atoms with Gasteiger partial charge < -0.3 is 45.0 Å². The molecule has 0 aromatic heterocycles. The summed E-state index contributed by atoms with van der Waals surface area (Å²) in [7, 11) is -5.17. The summed E-state index contributed by atoms with van der Waals surface area (Å²) in [6, 6.07) is 0. The Kier molecular flexibility index (Phi) is 35.9. The molecule has 1 rings (SSSR count). The number of rotatable bonds is 39. The lowest BCUT2D eigenvalue weighted by Crippen LogP contribution is -2.64. The minimum atomic E-state index is -5.17. The van der Waals surface area contributed by atoms with Crippen LogP contribution in [0.25, 0.3) is 0 Å². The number of ether oxygens (including phenoxy) is 2. The van der Waals surface area contributed by atoms with E-state index in [1.807, 2.05) is 12.2 Å². The predicted molar refractivity (Wildman–Crippen MR) is 250 cm³/mol. The Labute approximate surface area is 384 Å². The molecule has 4 unspecified atom stereocenters. The van der Waals surface area contributed by atoms with E-state index < -0.39 is 81.8 Å². The molecule has 15 heteroatoms. The summed E-state index contributed by atoms with van der Waals surface area (Å²) in [4.78, 5) is 35.8. The van der Waals surface area contributed by atoms with Gasteiger partial charge in [0.2, 0.25) is 0 Å². The zero-order valence-electron chi connectivity index (χ0n) is 38.9. The second-order valence-corrected chi connectivity index (χ2v) is 18.2. The molecule has 1 fully saturated rings. The summed E-state index contributed by atoms with van der Waals surface area (Å²) in [5.74, 6) is -1.30. The first-order valence-electron chi connectivity index (χ1n) is 24.2. The smallest absolute Gasteiger partial charge is 0.462 e. The maximum Gasteiger partial charge on any atom is 0.472 e. The highest BCUT2D eigenvalue weighted by Gasteiger charge is 2.51. The SMILES string of the molecule is CC/C=C\C/C=C\C/C=C\C/C=C\C=C\C(O)CCCC(=O)OC[C@H](COP(=O)(O)OC1[C@H](O)[C@H](O)C(O)[C@H](O)[C@H]1O)OC(=O)CCCCCCCCCCCCCCCCCCC. The molecule has 64 heavy (non-hydrogen) atoms. The van der Waals surface area contributed by atoms with Gasteiger partial charge in [0.1, 0.15) is 43.2 Å². The standard InChI is InChI=1S/C49H85O14P/c1-3-5-7-9-11-13-15-17-18-19-20-22-24-26-28-30-32-36-43(52)62-41(39-61-64(58,59)63-49-47(56)45(54)44(53)46(55)48(49)57)38-60-42(51)37-33-35-40(50)34-31-29-27-25-23-21-16-14-12-10-8-6-4-2/h6,8,12,14,21,23,27,29,31,34,40-41,44-50,53-57H,3-5,7,9-11,13,15-20,22,24-26,28,30,32-33,35-39H2,1-2H3,(H,58,59)/b8-6-,14-12-,23-21-,29-27-,34-31+/t40?,41-,44?,45-,46+,47-,48-,49?/m1/s1. The normalized spacial score (nSPS) is 22.6. The van der Waals surface area contributed by atoms with Crippen LogP contribution >= 0.6 is 7.82 Å². The average Bonchev–Trinajstić information content (AvgIpc) is 3.27. The molecule has 14 nitrogen and oxygen atoms in total. The molecule has 7 N–H and O–H groups in total. The molecule has 0 spiro atoms. The van der Waals surface area contributed by atoms with Gasteiger partial charge in [-0.3, -0.25) is 18.6 Å². The third-order valence-corrected chi connectivity index (χ3v) is 12.0. The summed E-state index contributed by atoms with van der Waals surface area (Å²) in [6.45, 7) is 3.03. The minimum absolute atomic E-state index is 0.0568. The Morgan fingerprint density at radius 3 is 1.53 bits per heavy atom. The first kappa shape index (κ1) is 59.5. The third kappa shape index (κ3) is 30.7. The highest BCUT2D eigenvalue weighted by Crippen LogP contribution is 2.47. The summed E-state index contributed by atoms with van der Waals surface area (Å²) in [6.07, 6.45) is 30.1. The van der Waals surface area contributed by atoms with Crippen LogP contribution in [-0.2, 0) is 32.7 Å². The number of hydrogen-bond acceptors (Lipinski definition) is 13. The van der Waals surface area contributed by atoms with Crippen molar-refractivity contribution >= 4 is 19.8 Å². The van der Waals surface area contributed by atoms with Crippen molar-refractivity contribution in [2.75, 3.05) is 13.2 Å². The van der Waals surface area contributed by atoms with Crippen molar-refractivity contribution in [2.45, 2.75) is 223 Å². The summed E-state index contributed by atoms with van der Waals surface area (Å²) in [5.41, 5.74) is 0. The monoisotopic (exact) mass is 929 g/mol. The van der Waals surface area contributed by atoms with E-state index >= 15 is 0 Å². The number of aliphatic hydroxyl groups is 6. The van der Waals surface area contributed by atoms with Crippen LogP contribution in [0, 0.1) is 0 Å². The molecule has 0 aromatic carbocycles. The quantitative estimate of drug-likeness (QED) is 0.0101. The number of hydrogen-bond donors (Lipinski definition) is 7. The van der Waals surface area contributed by atoms with Crippen LogP contribution < -0.4 is 0 Å². The van der Waals surface area contributed by atoms with E-state index in [-0.39, 0.29) is 25.7 Å². The highest BCUT2D eigenvalue weighted by atomic mass is 31.2. The number of aliphatic hydroxyl groups excluding tert-OH is 6. The van der Waals surface area contributed by atoms with Gasteiger partial charge in [0, 0.05) is 12.8 Å². The van der Waals surface area contributed by atoms with Crippen LogP contribution in [0.4, 0.5) is 0 Å². The van der Waals surface area contributed by atoms with E-state index in [0.717, 1.165) is 51.4 Å². The Hall–Kier alpha value is -2.49. The molecular weight excluding hydrogens is 843 g/mol. The van der Waals surface area contributed by atoms with Crippen molar-refractivity contribution in [2.24, 2.45) is 0 Å². The van der Waals surface area contributed by atoms with Crippen molar-refractivity contribution in [1.29, 1.82) is 0 Å². The summed E-state index contributed by atoms with van der Waals surface area (Å²) in [5, 5.41) is 60.5. The highest BCUT2D eigenvalue weighted by molar-refractivity contribution is 7.47. The maximum absolute atomic E-state index is 12.8. The zero-order valence-corrected chi connectivity index (χ0v) is 39.8. The minimum Gasteiger partial charge on any atom is -0.462 e. The Morgan fingerprint density at radius 2 is 1.02 bits per heavy atom. The number of carbonyl (C=O) groups is 2. The number of allylic oxidation sites excluding steroid dienone is 9. The van der Waals surface area contributed by atoms with Crippen molar-refractivity contribution in [1.82, 2.24) is 0 Å². The second-order valence-electron chi connectivity index (χ2n) is 16.8. The largest absolute Gasteiger partial charge is 0.472 e. The fourth-order valence-electron chi connectivity index (χ4n) is 7.08. The summed E-state index contributed by atoms with van der Waals surface area (Å²) >= 11 is 0. The van der Waals surface area contributed by atoms with Gasteiger partial charge in [-0.2, -0.15) is 0 Å². The van der Waals surface area contributed by atoms with E-state index in [9.17, 15) is 49.7 Å². The fraction of sp³-hybridized carbons (Fsp3) is 0.755. The molecule has 0 aliphatic heterocycles. The Bertz CT molecular complexity index is 1370. The molecule has 1 aliphatic carbocycles. The molecule has 0 aromatic rings. The van der Waals surface area contributed by atoms with E-state index in [1.165, 1.54) is 77.0 Å². The van der Waals surface area contributed by atoms with Crippen LogP contribution in [0.5, 0.6) is 0 Å². The van der Waals surface area contributed by atoms with Crippen LogP contribution in [0.3, 0.4) is 0 Å². The lowest BCUT2D eigenvalue weighted by Gasteiger charge is -2.41. The lowest BCUT2D eigenvalue weighted by atomic mass is 9.85. The zero-order chi connectivity index (χ0) is 47.3. The van der Waals surface area contributed by atoms with Gasteiger partial charge in [-0.15, -0.1) is 0 Å². The van der Waals surface area contributed by atoms with Gasteiger partial charge in [0.15, 0.2) is 6.10 Å². The molecule has 0 saturated heterocycles. The Morgan fingerprint density at radius 1 is 0.562 bits per heavy atom. The number of carbonyl (C=O) groups excluding carboxylic acids is 2. The molecule has 1 aliphatic rings. The molecule has 1 saturated carbocycles. The van der Waals surface area contributed by atoms with Crippen molar-refractivity contribution in [3.8, 4) is 0 Å². The van der Waals surface area contributed by atoms with Gasteiger partial charge in [-0.05, 0) is 44.9 Å². The van der Waals surface area contributed by atoms with Crippen molar-refractivity contribution in [3.05, 3.63) is 60.8 Å². The molecule has 9 atom stereocenters. The lowest BCUT2D eigenvalue weighted by molar-refractivity contribution is -0.220. The van der Waals surface area contributed by atoms with E-state index in [4.69, 9.17) is 18.5 Å². The van der Waals surface area contributed by atoms with Crippen molar-refractivity contribution in [3.63, 3.8) is 0 Å². The Balaban J connectivity index is 2.52. The van der Waals surface area contributed by atoms with Crippen LogP contribution in [-0.4, -0.2) is 110 Å². The fourth-order valence-corrected chi connectivity index (χ4v) is 8.05. The summed E-state index contributed by atoms with van der Waals surface area (Å²) < 4.78 is 33.4. The molecule has 0 amide bonds. The van der Waals surface area contributed by atoms with E-state index in [0.29, 0.717) is 6.42 Å². The first-order valence-corrected chi connectivity index (χ1v) is 25.7. The van der Waals surface area contributed by atoms with Crippen molar-refractivity contribution < 1.29 is 68.2 Å². The molecule has 370 valence electrons. The van der Waals surface area contributed by atoms with E-state index in [2.05, 4.69) is 50.3 Å². The third-order valence-electron chi connectivity index (χ3n) is 11.0. The van der Waals surface area contributed by atoms with Gasteiger partial charge in [0.25, 0.3) is 0 Å². The van der Waals surface area contributed by atoms with Crippen LogP contribution in [0.15, 0.2) is 60.8 Å². The van der Waals surface area contributed by atoms with Gasteiger partial charge in [-0.25, -0.2) is 4.57 Å². The molecular formula is C49H85O14P. The number of esters is 2. The maximum atomic E-state index is 12.8. The molecule has 0 radical (unpaired) electrons. The van der Waals surface area contributed by atoms with Gasteiger partial charge >= 0.3 is 19.8 Å². The topological polar surface area (TPSA) is 230 Å². The predicted octanol–water partition coefficient (Wildman–Crippen LogP) is 8.70.